The van der Waals surface area contributed by atoms with E-state index in [1.165, 1.54) is 28.8 Å². The first kappa shape index (κ1) is 20.2. The van der Waals surface area contributed by atoms with Gasteiger partial charge in [-0.05, 0) is 35.6 Å². The maximum absolute atomic E-state index is 11.4. The molecule has 3 aromatic carbocycles. The molecule has 0 saturated heterocycles. The molecule has 0 saturated carbocycles. The van der Waals surface area contributed by atoms with E-state index in [9.17, 15) is 20.2 Å². The Morgan fingerprint density at radius 1 is 0.903 bits per heavy atom. The van der Waals surface area contributed by atoms with Crippen LogP contribution >= 0.6 is 0 Å². The quantitative estimate of drug-likeness (QED) is 0.452. The topological polar surface area (TPSA) is 111 Å². The minimum absolute atomic E-state index is 0.125. The number of anilines is 1. The van der Waals surface area contributed by atoms with Gasteiger partial charge in [-0.15, -0.1) is 0 Å². The molecule has 1 aliphatic rings. The van der Waals surface area contributed by atoms with Gasteiger partial charge in [0.1, 0.15) is 5.69 Å². The Balaban J connectivity index is 1.65. The summed E-state index contributed by atoms with van der Waals surface area (Å²) >= 11 is 0. The number of nitrogens with one attached hydrogen (secondary N) is 1. The van der Waals surface area contributed by atoms with E-state index in [-0.39, 0.29) is 23.0 Å². The van der Waals surface area contributed by atoms with E-state index in [0.717, 1.165) is 24.6 Å². The predicted molar refractivity (Wildman–Crippen MR) is 118 cm³/mol. The second kappa shape index (κ2) is 8.74. The van der Waals surface area contributed by atoms with Crippen LogP contribution in [0.1, 0.15) is 16.7 Å². The van der Waals surface area contributed by atoms with E-state index in [0.29, 0.717) is 6.42 Å². The Morgan fingerprint density at radius 2 is 1.61 bits per heavy atom. The van der Waals surface area contributed by atoms with Crippen molar-refractivity contribution in [1.29, 1.82) is 0 Å². The maximum Gasteiger partial charge on any atom is 0.301 e. The molecular weight excluding hydrogens is 396 g/mol. The lowest BCUT2D eigenvalue weighted by atomic mass is 9.79. The van der Waals surface area contributed by atoms with Gasteiger partial charge in [0.2, 0.25) is 0 Å². The SMILES string of the molecule is O=[N+]([O-])c1ccc(NN=C2Cc3ccccc3CC2Cc2ccccc2)c([N+](=O)[O-])c1. The summed E-state index contributed by atoms with van der Waals surface area (Å²) in [5.74, 6) is 0.141. The van der Waals surface area contributed by atoms with E-state index < -0.39 is 9.85 Å². The van der Waals surface area contributed by atoms with Crippen molar-refractivity contribution >= 4 is 22.8 Å². The van der Waals surface area contributed by atoms with Crippen LogP contribution in [-0.4, -0.2) is 15.6 Å². The molecule has 1 unspecified atom stereocenters. The van der Waals surface area contributed by atoms with Crippen molar-refractivity contribution < 1.29 is 9.85 Å². The molecule has 0 heterocycles. The zero-order chi connectivity index (χ0) is 21.8. The summed E-state index contributed by atoms with van der Waals surface area (Å²) in [7, 11) is 0. The molecule has 0 aromatic heterocycles. The summed E-state index contributed by atoms with van der Waals surface area (Å²) in [5.41, 5.74) is 6.77. The molecule has 156 valence electrons. The zero-order valence-corrected chi connectivity index (χ0v) is 16.6. The van der Waals surface area contributed by atoms with Crippen LogP contribution in [-0.2, 0) is 19.3 Å². The first-order chi connectivity index (χ1) is 15.0. The van der Waals surface area contributed by atoms with Crippen LogP contribution in [0.2, 0.25) is 0 Å². The molecule has 31 heavy (non-hydrogen) atoms. The van der Waals surface area contributed by atoms with Crippen LogP contribution in [0.15, 0.2) is 77.9 Å². The van der Waals surface area contributed by atoms with Crippen LogP contribution in [0.3, 0.4) is 0 Å². The number of hydrazone groups is 1. The molecule has 1 N–H and O–H groups in total. The van der Waals surface area contributed by atoms with Crippen molar-refractivity contribution in [2.75, 3.05) is 5.43 Å². The van der Waals surface area contributed by atoms with Gasteiger partial charge in [0, 0.05) is 24.1 Å². The lowest BCUT2D eigenvalue weighted by Gasteiger charge is -2.26. The van der Waals surface area contributed by atoms with Gasteiger partial charge < -0.3 is 0 Å². The van der Waals surface area contributed by atoms with Gasteiger partial charge in [-0.1, -0.05) is 54.6 Å². The van der Waals surface area contributed by atoms with Crippen molar-refractivity contribution in [3.05, 3.63) is 110 Å². The highest BCUT2D eigenvalue weighted by Gasteiger charge is 2.26. The standard InChI is InChI=1S/C23H20N4O4/c28-26(29)20-10-11-21(23(15-20)27(30)31)24-25-22-14-18-9-5-4-8-17(18)13-19(22)12-16-6-2-1-3-7-16/h1-11,15,19,24H,12-14H2. The second-order valence-corrected chi connectivity index (χ2v) is 7.47. The van der Waals surface area contributed by atoms with Crippen molar-refractivity contribution in [3.8, 4) is 0 Å². The fraction of sp³-hybridized carbons (Fsp3) is 0.174. The summed E-state index contributed by atoms with van der Waals surface area (Å²) in [6.07, 6.45) is 2.27. The van der Waals surface area contributed by atoms with Gasteiger partial charge in [0.05, 0.1) is 15.9 Å². The van der Waals surface area contributed by atoms with E-state index >= 15 is 0 Å². The lowest BCUT2D eigenvalue weighted by molar-refractivity contribution is -0.393. The number of fused-ring (bicyclic) bond motifs is 1. The lowest BCUT2D eigenvalue weighted by Crippen LogP contribution is -2.28. The first-order valence-corrected chi connectivity index (χ1v) is 9.87. The summed E-state index contributed by atoms with van der Waals surface area (Å²) in [6.45, 7) is 0. The normalized spacial score (nSPS) is 16.5. The molecule has 1 atom stereocenters. The molecule has 0 radical (unpaired) electrons. The van der Waals surface area contributed by atoms with Crippen LogP contribution in [0.4, 0.5) is 17.1 Å². The van der Waals surface area contributed by atoms with Crippen molar-refractivity contribution in [2.45, 2.75) is 19.3 Å². The molecule has 3 aromatic rings. The summed E-state index contributed by atoms with van der Waals surface area (Å²) < 4.78 is 0. The van der Waals surface area contributed by atoms with Crippen LogP contribution in [0.5, 0.6) is 0 Å². The number of nitro groups is 2. The third-order valence-corrected chi connectivity index (χ3v) is 5.46. The monoisotopic (exact) mass is 416 g/mol. The van der Waals surface area contributed by atoms with E-state index in [1.807, 2.05) is 30.3 Å². The Morgan fingerprint density at radius 3 is 2.32 bits per heavy atom. The minimum Gasteiger partial charge on any atom is -0.272 e. The smallest absolute Gasteiger partial charge is 0.272 e. The first-order valence-electron chi connectivity index (χ1n) is 9.87. The number of benzene rings is 3. The van der Waals surface area contributed by atoms with Gasteiger partial charge in [-0.2, -0.15) is 5.10 Å². The summed E-state index contributed by atoms with van der Waals surface area (Å²) in [4.78, 5) is 21.1. The second-order valence-electron chi connectivity index (χ2n) is 7.47. The molecule has 8 nitrogen and oxygen atoms in total. The summed E-state index contributed by atoms with van der Waals surface area (Å²) in [6, 6.07) is 21.8. The van der Waals surface area contributed by atoms with Crippen LogP contribution < -0.4 is 5.43 Å². The molecule has 0 amide bonds. The van der Waals surface area contributed by atoms with Gasteiger partial charge in [0.25, 0.3) is 5.69 Å². The van der Waals surface area contributed by atoms with Gasteiger partial charge in [-0.3, -0.25) is 25.7 Å². The van der Waals surface area contributed by atoms with Gasteiger partial charge >= 0.3 is 5.69 Å². The average Bonchev–Trinajstić information content (AvgIpc) is 2.78. The zero-order valence-electron chi connectivity index (χ0n) is 16.6. The Kier molecular flexibility index (Phi) is 5.70. The number of hydrogen-bond acceptors (Lipinski definition) is 6. The van der Waals surface area contributed by atoms with Crippen LogP contribution in [0.25, 0.3) is 0 Å². The molecule has 0 bridgehead atoms. The minimum atomic E-state index is -0.656. The molecule has 8 heteroatoms. The molecular formula is C23H20N4O4. The highest BCUT2D eigenvalue weighted by molar-refractivity contribution is 5.91. The number of rotatable bonds is 6. The van der Waals surface area contributed by atoms with Crippen molar-refractivity contribution in [1.82, 2.24) is 0 Å². The molecule has 0 fully saturated rings. The van der Waals surface area contributed by atoms with Crippen molar-refractivity contribution in [3.63, 3.8) is 0 Å². The number of nitrogens with zero attached hydrogens (tertiary/aromatic N) is 3. The molecule has 4 rings (SSSR count). The third kappa shape index (κ3) is 4.58. The predicted octanol–water partition coefficient (Wildman–Crippen LogP) is 4.93. The van der Waals surface area contributed by atoms with Gasteiger partial charge in [0.15, 0.2) is 0 Å². The summed E-state index contributed by atoms with van der Waals surface area (Å²) in [5, 5.41) is 26.9. The van der Waals surface area contributed by atoms with Crippen molar-refractivity contribution in [2.24, 2.45) is 11.0 Å². The van der Waals surface area contributed by atoms with E-state index in [1.54, 1.807) is 0 Å². The van der Waals surface area contributed by atoms with E-state index in [2.05, 4.69) is 34.8 Å². The maximum atomic E-state index is 11.4. The average molecular weight is 416 g/mol. The number of nitro benzene ring substituents is 2. The third-order valence-electron chi connectivity index (χ3n) is 5.46. The number of hydrogen-bond donors (Lipinski definition) is 1. The Bertz CT molecular complexity index is 1160. The Labute approximate surface area is 178 Å². The molecule has 0 aliphatic heterocycles. The fourth-order valence-electron chi connectivity index (χ4n) is 3.88. The molecule has 1 aliphatic carbocycles. The fourth-order valence-corrected chi connectivity index (χ4v) is 3.88. The largest absolute Gasteiger partial charge is 0.301 e. The van der Waals surface area contributed by atoms with Gasteiger partial charge in [-0.25, -0.2) is 0 Å². The highest BCUT2D eigenvalue weighted by atomic mass is 16.6. The van der Waals surface area contributed by atoms with Crippen LogP contribution in [0, 0.1) is 26.1 Å². The highest BCUT2D eigenvalue weighted by Crippen LogP contribution is 2.30. The van der Waals surface area contributed by atoms with E-state index in [4.69, 9.17) is 0 Å². The number of non-ortho nitro benzene ring substituents is 1. The molecule has 0 spiro atoms. The Hall–Kier alpha value is -4.07.